The standard InChI is InChI=1S/C14H19NO3/c1-4-15(5-2)12-7-6-11(13(16)9-12)8-10(3)14(17)18/h6-9,16H,4-5H2,1-3H3,(H,17,18)/b10-8-. The van der Waals surface area contributed by atoms with Gasteiger partial charge < -0.3 is 15.1 Å². The van der Waals surface area contributed by atoms with E-state index >= 15 is 0 Å². The molecule has 0 atom stereocenters. The van der Waals surface area contributed by atoms with E-state index in [-0.39, 0.29) is 11.3 Å². The highest BCUT2D eigenvalue weighted by atomic mass is 16.4. The first-order valence-corrected chi connectivity index (χ1v) is 5.99. The third-order valence-corrected chi connectivity index (χ3v) is 2.85. The third kappa shape index (κ3) is 3.26. The molecule has 0 aliphatic carbocycles. The van der Waals surface area contributed by atoms with Crippen LogP contribution in [0.3, 0.4) is 0 Å². The normalized spacial score (nSPS) is 11.4. The van der Waals surface area contributed by atoms with Crippen molar-refractivity contribution < 1.29 is 15.0 Å². The van der Waals surface area contributed by atoms with Gasteiger partial charge in [0.2, 0.25) is 0 Å². The van der Waals surface area contributed by atoms with Gasteiger partial charge in [0.1, 0.15) is 5.75 Å². The number of aliphatic carboxylic acids is 1. The quantitative estimate of drug-likeness (QED) is 0.788. The monoisotopic (exact) mass is 249 g/mol. The largest absolute Gasteiger partial charge is 0.507 e. The molecule has 0 radical (unpaired) electrons. The van der Waals surface area contributed by atoms with Gasteiger partial charge in [-0.05, 0) is 39.0 Å². The molecule has 0 spiro atoms. The number of benzene rings is 1. The van der Waals surface area contributed by atoms with Crippen LogP contribution < -0.4 is 4.90 Å². The smallest absolute Gasteiger partial charge is 0.331 e. The van der Waals surface area contributed by atoms with E-state index in [0.29, 0.717) is 5.56 Å². The zero-order chi connectivity index (χ0) is 13.7. The fraction of sp³-hybridized carbons (Fsp3) is 0.357. The van der Waals surface area contributed by atoms with Gasteiger partial charge in [0.05, 0.1) is 0 Å². The van der Waals surface area contributed by atoms with E-state index in [1.54, 1.807) is 12.1 Å². The minimum absolute atomic E-state index is 0.0972. The van der Waals surface area contributed by atoms with E-state index in [0.717, 1.165) is 18.8 Å². The highest BCUT2D eigenvalue weighted by molar-refractivity contribution is 5.92. The van der Waals surface area contributed by atoms with Gasteiger partial charge in [0.15, 0.2) is 0 Å². The second-order valence-electron chi connectivity index (χ2n) is 4.05. The maximum atomic E-state index is 10.7. The lowest BCUT2D eigenvalue weighted by Gasteiger charge is -2.21. The predicted octanol–water partition coefficient (Wildman–Crippen LogP) is 2.73. The van der Waals surface area contributed by atoms with Gasteiger partial charge in [-0.2, -0.15) is 0 Å². The molecule has 1 rings (SSSR count). The fourth-order valence-corrected chi connectivity index (χ4v) is 1.73. The Morgan fingerprint density at radius 1 is 1.33 bits per heavy atom. The van der Waals surface area contributed by atoms with Crippen molar-refractivity contribution >= 4 is 17.7 Å². The summed E-state index contributed by atoms with van der Waals surface area (Å²) in [5.41, 5.74) is 1.65. The fourth-order valence-electron chi connectivity index (χ4n) is 1.73. The maximum Gasteiger partial charge on any atom is 0.331 e. The average Bonchev–Trinajstić information content (AvgIpc) is 2.33. The first-order chi connectivity index (χ1) is 8.49. The molecule has 0 saturated carbocycles. The average molecular weight is 249 g/mol. The number of carboxylic acid groups (broad SMARTS) is 1. The van der Waals surface area contributed by atoms with Crippen LogP contribution in [0.5, 0.6) is 5.75 Å². The van der Waals surface area contributed by atoms with Crippen LogP contribution in [0.4, 0.5) is 5.69 Å². The molecular weight excluding hydrogens is 230 g/mol. The van der Waals surface area contributed by atoms with E-state index in [4.69, 9.17) is 5.11 Å². The number of carboxylic acids is 1. The van der Waals surface area contributed by atoms with E-state index in [1.807, 2.05) is 19.9 Å². The summed E-state index contributed by atoms with van der Waals surface area (Å²) in [6, 6.07) is 5.27. The topological polar surface area (TPSA) is 60.8 Å². The SMILES string of the molecule is CCN(CC)c1ccc(/C=C(/C)C(=O)O)c(O)c1. The number of phenols is 1. The highest BCUT2D eigenvalue weighted by Gasteiger charge is 2.07. The zero-order valence-corrected chi connectivity index (χ0v) is 11.0. The van der Waals surface area contributed by atoms with Crippen LogP contribution in [-0.2, 0) is 4.79 Å². The number of hydrogen-bond donors (Lipinski definition) is 2. The molecule has 1 aromatic rings. The molecule has 0 unspecified atom stereocenters. The van der Waals surface area contributed by atoms with Crippen LogP contribution in [-0.4, -0.2) is 29.3 Å². The van der Waals surface area contributed by atoms with Crippen molar-refractivity contribution in [3.63, 3.8) is 0 Å². The number of anilines is 1. The minimum Gasteiger partial charge on any atom is -0.507 e. The Balaban J connectivity index is 3.07. The first-order valence-electron chi connectivity index (χ1n) is 5.99. The number of aromatic hydroxyl groups is 1. The summed E-state index contributed by atoms with van der Waals surface area (Å²) in [5.74, 6) is -0.887. The van der Waals surface area contributed by atoms with E-state index in [2.05, 4.69) is 4.90 Å². The molecule has 0 fully saturated rings. The Morgan fingerprint density at radius 3 is 2.39 bits per heavy atom. The molecule has 0 aromatic heterocycles. The summed E-state index contributed by atoms with van der Waals surface area (Å²) in [7, 11) is 0. The Bertz CT molecular complexity index is 462. The second-order valence-corrected chi connectivity index (χ2v) is 4.05. The van der Waals surface area contributed by atoms with Crippen LogP contribution in [0.2, 0.25) is 0 Å². The van der Waals surface area contributed by atoms with E-state index in [1.165, 1.54) is 13.0 Å². The molecule has 2 N–H and O–H groups in total. The lowest BCUT2D eigenvalue weighted by molar-refractivity contribution is -0.132. The van der Waals surface area contributed by atoms with Gasteiger partial charge in [-0.3, -0.25) is 0 Å². The van der Waals surface area contributed by atoms with Gasteiger partial charge in [-0.25, -0.2) is 4.79 Å². The van der Waals surface area contributed by atoms with Gasteiger partial charge in [0, 0.05) is 36.0 Å². The van der Waals surface area contributed by atoms with Gasteiger partial charge in [-0.15, -0.1) is 0 Å². The molecule has 0 heterocycles. The molecule has 0 bridgehead atoms. The molecule has 98 valence electrons. The van der Waals surface area contributed by atoms with Crippen LogP contribution in [0.1, 0.15) is 26.3 Å². The number of rotatable bonds is 5. The Hall–Kier alpha value is -1.97. The molecule has 0 amide bonds. The molecule has 0 saturated heterocycles. The van der Waals surface area contributed by atoms with Crippen LogP contribution >= 0.6 is 0 Å². The Kier molecular flexibility index (Phi) is 4.77. The Morgan fingerprint density at radius 2 is 1.94 bits per heavy atom. The molecule has 18 heavy (non-hydrogen) atoms. The third-order valence-electron chi connectivity index (χ3n) is 2.85. The summed E-state index contributed by atoms with van der Waals surface area (Å²) in [6.07, 6.45) is 1.46. The zero-order valence-electron chi connectivity index (χ0n) is 11.0. The second kappa shape index (κ2) is 6.10. The summed E-state index contributed by atoms with van der Waals surface area (Å²) < 4.78 is 0. The van der Waals surface area contributed by atoms with Crippen LogP contribution in [0, 0.1) is 0 Å². The number of hydrogen-bond acceptors (Lipinski definition) is 3. The Labute approximate surface area is 107 Å². The summed E-state index contributed by atoms with van der Waals surface area (Å²) in [5, 5.41) is 18.7. The molecule has 1 aromatic carbocycles. The molecule has 4 nitrogen and oxygen atoms in total. The lowest BCUT2D eigenvalue weighted by Crippen LogP contribution is -2.21. The summed E-state index contributed by atoms with van der Waals surface area (Å²) in [4.78, 5) is 12.8. The lowest BCUT2D eigenvalue weighted by atomic mass is 10.1. The molecule has 0 aliphatic rings. The van der Waals surface area contributed by atoms with E-state index < -0.39 is 5.97 Å². The highest BCUT2D eigenvalue weighted by Crippen LogP contribution is 2.26. The number of nitrogens with zero attached hydrogens (tertiary/aromatic N) is 1. The minimum atomic E-state index is -0.984. The van der Waals surface area contributed by atoms with Crippen LogP contribution in [0.25, 0.3) is 6.08 Å². The van der Waals surface area contributed by atoms with Crippen molar-refractivity contribution in [1.29, 1.82) is 0 Å². The van der Waals surface area contributed by atoms with Crippen LogP contribution in [0.15, 0.2) is 23.8 Å². The van der Waals surface area contributed by atoms with Gasteiger partial charge in [-0.1, -0.05) is 0 Å². The predicted molar refractivity (Wildman–Crippen MR) is 73.0 cm³/mol. The van der Waals surface area contributed by atoms with Gasteiger partial charge >= 0.3 is 5.97 Å². The summed E-state index contributed by atoms with van der Waals surface area (Å²) >= 11 is 0. The summed E-state index contributed by atoms with van der Waals surface area (Å²) in [6.45, 7) is 7.31. The molecule has 0 aliphatic heterocycles. The molecule has 4 heteroatoms. The van der Waals surface area contributed by atoms with Crippen molar-refractivity contribution in [3.8, 4) is 5.75 Å². The van der Waals surface area contributed by atoms with Crippen molar-refractivity contribution in [2.75, 3.05) is 18.0 Å². The maximum absolute atomic E-state index is 10.7. The van der Waals surface area contributed by atoms with Crippen molar-refractivity contribution in [1.82, 2.24) is 0 Å². The van der Waals surface area contributed by atoms with Crippen molar-refractivity contribution in [2.24, 2.45) is 0 Å². The number of carbonyl (C=O) groups is 1. The van der Waals surface area contributed by atoms with Gasteiger partial charge in [0.25, 0.3) is 0 Å². The number of phenolic OH excluding ortho intramolecular Hbond substituents is 1. The van der Waals surface area contributed by atoms with E-state index in [9.17, 15) is 9.90 Å². The van der Waals surface area contributed by atoms with Crippen molar-refractivity contribution in [3.05, 3.63) is 29.3 Å². The first kappa shape index (κ1) is 14.1. The van der Waals surface area contributed by atoms with Crippen molar-refractivity contribution in [2.45, 2.75) is 20.8 Å². The molecular formula is C14H19NO3.